The molecular formula is C15H15NO4. The fourth-order valence-electron chi connectivity index (χ4n) is 1.54. The van der Waals surface area contributed by atoms with Crippen LogP contribution >= 0.6 is 0 Å². The van der Waals surface area contributed by atoms with Gasteiger partial charge in [-0.25, -0.2) is 4.79 Å². The molecule has 0 saturated carbocycles. The number of esters is 1. The molecule has 0 aliphatic rings. The molecule has 5 heteroatoms. The van der Waals surface area contributed by atoms with E-state index in [4.69, 9.17) is 14.0 Å². The lowest BCUT2D eigenvalue weighted by atomic mass is 10.2. The largest absolute Gasteiger partial charge is 0.462 e. The second-order valence-electron chi connectivity index (χ2n) is 3.90. The summed E-state index contributed by atoms with van der Waals surface area (Å²) >= 11 is 0. The number of oxime groups is 1. The Morgan fingerprint density at radius 1 is 1.20 bits per heavy atom. The molecule has 2 rings (SSSR count). The molecule has 0 fully saturated rings. The third kappa shape index (κ3) is 3.71. The molecule has 0 atom stereocenters. The van der Waals surface area contributed by atoms with Crippen LogP contribution in [0.1, 0.15) is 18.2 Å². The van der Waals surface area contributed by atoms with Crippen molar-refractivity contribution in [2.75, 3.05) is 6.61 Å². The number of hydrogen-bond acceptors (Lipinski definition) is 5. The minimum Gasteiger partial charge on any atom is -0.462 e. The Morgan fingerprint density at radius 3 is 2.65 bits per heavy atom. The van der Waals surface area contributed by atoms with E-state index in [1.807, 2.05) is 30.3 Å². The standard InChI is InChI=1S/C15H15NO4/c1-2-18-15(17)14(13-9-6-10-19-13)16-20-11-12-7-4-3-5-8-12/h3-10H,2,11H2,1H3/b16-14-. The van der Waals surface area contributed by atoms with Crippen LogP contribution in [0.2, 0.25) is 0 Å². The van der Waals surface area contributed by atoms with E-state index in [2.05, 4.69) is 5.16 Å². The first-order chi connectivity index (χ1) is 9.81. The highest BCUT2D eigenvalue weighted by Crippen LogP contribution is 2.07. The van der Waals surface area contributed by atoms with Crippen LogP contribution in [0, 0.1) is 0 Å². The van der Waals surface area contributed by atoms with Gasteiger partial charge in [0, 0.05) is 0 Å². The minimum atomic E-state index is -0.574. The van der Waals surface area contributed by atoms with Crippen molar-refractivity contribution in [3.8, 4) is 0 Å². The highest BCUT2D eigenvalue weighted by atomic mass is 16.6. The molecule has 1 aromatic carbocycles. The number of nitrogens with zero attached hydrogens (tertiary/aromatic N) is 1. The molecule has 0 saturated heterocycles. The molecule has 0 radical (unpaired) electrons. The van der Waals surface area contributed by atoms with Gasteiger partial charge in [-0.05, 0) is 24.6 Å². The van der Waals surface area contributed by atoms with E-state index in [0.29, 0.717) is 5.76 Å². The lowest BCUT2D eigenvalue weighted by molar-refractivity contribution is -0.135. The second-order valence-corrected chi connectivity index (χ2v) is 3.90. The molecule has 104 valence electrons. The Labute approximate surface area is 116 Å². The Bertz CT molecular complexity index is 561. The molecule has 0 bridgehead atoms. The van der Waals surface area contributed by atoms with Crippen molar-refractivity contribution in [3.05, 3.63) is 60.1 Å². The van der Waals surface area contributed by atoms with Gasteiger partial charge in [0.2, 0.25) is 5.71 Å². The summed E-state index contributed by atoms with van der Waals surface area (Å²) in [5.41, 5.74) is 0.978. The van der Waals surface area contributed by atoms with Gasteiger partial charge in [-0.2, -0.15) is 0 Å². The normalized spacial score (nSPS) is 11.2. The van der Waals surface area contributed by atoms with Crippen molar-refractivity contribution >= 4 is 11.7 Å². The number of rotatable bonds is 6. The summed E-state index contributed by atoms with van der Waals surface area (Å²) in [6.07, 6.45) is 1.46. The maximum absolute atomic E-state index is 11.8. The predicted octanol–water partition coefficient (Wildman–Crippen LogP) is 2.76. The van der Waals surface area contributed by atoms with Gasteiger partial charge in [0.1, 0.15) is 6.61 Å². The van der Waals surface area contributed by atoms with Gasteiger partial charge in [-0.1, -0.05) is 35.5 Å². The molecule has 1 heterocycles. The van der Waals surface area contributed by atoms with Crippen LogP contribution < -0.4 is 0 Å². The van der Waals surface area contributed by atoms with E-state index in [9.17, 15) is 4.79 Å². The van der Waals surface area contributed by atoms with Crippen molar-refractivity contribution < 1.29 is 18.8 Å². The van der Waals surface area contributed by atoms with Gasteiger partial charge in [-0.15, -0.1) is 0 Å². The molecule has 20 heavy (non-hydrogen) atoms. The number of carbonyl (C=O) groups is 1. The summed E-state index contributed by atoms with van der Waals surface area (Å²) < 4.78 is 10.1. The van der Waals surface area contributed by atoms with E-state index in [1.54, 1.807) is 19.1 Å². The van der Waals surface area contributed by atoms with Crippen LogP contribution in [-0.4, -0.2) is 18.3 Å². The van der Waals surface area contributed by atoms with Crippen molar-refractivity contribution in [1.29, 1.82) is 0 Å². The van der Waals surface area contributed by atoms with Gasteiger partial charge < -0.3 is 14.0 Å². The average Bonchev–Trinajstić information content (AvgIpc) is 2.99. The molecule has 0 N–H and O–H groups in total. The zero-order chi connectivity index (χ0) is 14.2. The number of carbonyl (C=O) groups excluding carboxylic acids is 1. The molecule has 0 amide bonds. The summed E-state index contributed by atoms with van der Waals surface area (Å²) in [7, 11) is 0. The summed E-state index contributed by atoms with van der Waals surface area (Å²) in [6.45, 7) is 2.25. The predicted molar refractivity (Wildman–Crippen MR) is 73.1 cm³/mol. The Kier molecular flexibility index (Phi) is 4.94. The van der Waals surface area contributed by atoms with Crippen molar-refractivity contribution in [2.45, 2.75) is 13.5 Å². The maximum atomic E-state index is 11.8. The van der Waals surface area contributed by atoms with Crippen LogP contribution in [0.5, 0.6) is 0 Å². The number of hydrogen-bond donors (Lipinski definition) is 0. The van der Waals surface area contributed by atoms with E-state index in [0.717, 1.165) is 5.56 Å². The molecule has 2 aromatic rings. The molecule has 5 nitrogen and oxygen atoms in total. The Balaban J connectivity index is 2.07. The molecule has 1 aromatic heterocycles. The molecule has 0 unspecified atom stereocenters. The average molecular weight is 273 g/mol. The number of furan rings is 1. The lowest BCUT2D eigenvalue weighted by Crippen LogP contribution is -2.18. The van der Waals surface area contributed by atoms with Crippen molar-refractivity contribution in [2.24, 2.45) is 5.16 Å². The fraction of sp³-hybridized carbons (Fsp3) is 0.200. The van der Waals surface area contributed by atoms with Gasteiger partial charge in [-0.3, -0.25) is 0 Å². The lowest BCUT2D eigenvalue weighted by Gasteiger charge is -2.04. The summed E-state index contributed by atoms with van der Waals surface area (Å²) in [5, 5.41) is 3.83. The zero-order valence-corrected chi connectivity index (χ0v) is 11.1. The third-order valence-corrected chi connectivity index (χ3v) is 2.45. The first kappa shape index (κ1) is 13.9. The minimum absolute atomic E-state index is 0.0211. The van der Waals surface area contributed by atoms with Crippen LogP contribution in [0.4, 0.5) is 0 Å². The number of ether oxygens (including phenoxy) is 1. The molecular weight excluding hydrogens is 258 g/mol. The summed E-state index contributed by atoms with van der Waals surface area (Å²) in [5.74, 6) is -0.257. The van der Waals surface area contributed by atoms with Gasteiger partial charge in [0.25, 0.3) is 0 Å². The first-order valence-corrected chi connectivity index (χ1v) is 6.26. The molecule has 0 aliphatic heterocycles. The Hall–Kier alpha value is -2.56. The van der Waals surface area contributed by atoms with Crippen molar-refractivity contribution in [3.63, 3.8) is 0 Å². The van der Waals surface area contributed by atoms with Crippen LogP contribution in [0.25, 0.3) is 0 Å². The van der Waals surface area contributed by atoms with Crippen LogP contribution in [0.15, 0.2) is 58.3 Å². The zero-order valence-electron chi connectivity index (χ0n) is 11.1. The van der Waals surface area contributed by atoms with Gasteiger partial charge >= 0.3 is 5.97 Å². The maximum Gasteiger partial charge on any atom is 0.364 e. The monoisotopic (exact) mass is 273 g/mol. The fourth-order valence-corrected chi connectivity index (χ4v) is 1.54. The van der Waals surface area contributed by atoms with E-state index in [-0.39, 0.29) is 18.9 Å². The molecule has 0 aliphatic carbocycles. The second kappa shape index (κ2) is 7.13. The molecule has 0 spiro atoms. The van der Waals surface area contributed by atoms with Crippen LogP contribution in [-0.2, 0) is 21.0 Å². The number of benzene rings is 1. The van der Waals surface area contributed by atoms with Gasteiger partial charge in [0.05, 0.1) is 12.9 Å². The third-order valence-electron chi connectivity index (χ3n) is 2.45. The first-order valence-electron chi connectivity index (χ1n) is 6.26. The topological polar surface area (TPSA) is 61.0 Å². The highest BCUT2D eigenvalue weighted by molar-refractivity contribution is 6.42. The van der Waals surface area contributed by atoms with E-state index < -0.39 is 5.97 Å². The highest BCUT2D eigenvalue weighted by Gasteiger charge is 2.19. The Morgan fingerprint density at radius 2 is 2.00 bits per heavy atom. The summed E-state index contributed by atoms with van der Waals surface area (Å²) in [6, 6.07) is 12.8. The van der Waals surface area contributed by atoms with Gasteiger partial charge in [0.15, 0.2) is 5.76 Å². The van der Waals surface area contributed by atoms with Crippen LogP contribution in [0.3, 0.4) is 0 Å². The van der Waals surface area contributed by atoms with E-state index in [1.165, 1.54) is 6.26 Å². The van der Waals surface area contributed by atoms with E-state index >= 15 is 0 Å². The SMILES string of the molecule is CCOC(=O)/C(=N\OCc1ccccc1)c1ccco1. The quantitative estimate of drug-likeness (QED) is 0.461. The summed E-state index contributed by atoms with van der Waals surface area (Å²) in [4.78, 5) is 17.0. The smallest absolute Gasteiger partial charge is 0.364 e. The van der Waals surface area contributed by atoms with Crippen molar-refractivity contribution in [1.82, 2.24) is 0 Å².